The summed E-state index contributed by atoms with van der Waals surface area (Å²) in [5.74, 6) is -0.543. The maximum atomic E-state index is 14.8. The van der Waals surface area contributed by atoms with Crippen molar-refractivity contribution in [2.45, 2.75) is 25.3 Å². The Labute approximate surface area is 201 Å². The van der Waals surface area contributed by atoms with Crippen molar-refractivity contribution in [2.24, 2.45) is 0 Å². The predicted octanol–water partition coefficient (Wildman–Crippen LogP) is 3.73. The summed E-state index contributed by atoms with van der Waals surface area (Å²) in [6.45, 7) is 4.31. The van der Waals surface area contributed by atoms with Crippen LogP contribution in [0.1, 0.15) is 23.1 Å². The van der Waals surface area contributed by atoms with Gasteiger partial charge in [0.05, 0.1) is 16.9 Å². The third-order valence-electron chi connectivity index (χ3n) is 6.73. The zero-order chi connectivity index (χ0) is 24.6. The number of carbonyl (C=O) groups excluding carboxylic acids is 1. The largest absolute Gasteiger partial charge is 0.416 e. The molecule has 0 spiro atoms. The van der Waals surface area contributed by atoms with Crippen molar-refractivity contribution in [3.63, 3.8) is 0 Å². The second-order valence-corrected chi connectivity index (χ2v) is 9.08. The normalized spacial score (nSPS) is 20.6. The lowest BCUT2D eigenvalue weighted by atomic mass is 9.99. The molecule has 3 N–H and O–H groups in total. The van der Waals surface area contributed by atoms with Gasteiger partial charge in [-0.3, -0.25) is 9.69 Å². The smallest absolute Gasteiger partial charge is 0.356 e. The van der Waals surface area contributed by atoms with E-state index in [1.165, 1.54) is 18.2 Å². The van der Waals surface area contributed by atoms with Crippen LogP contribution >= 0.6 is 0 Å². The SMILES string of the molecule is O=C(C1Nc2cc(C3=CCNCC3)cc(F)c2N1)N1CCN(Cc2ccc(C(F)(F)F)cc2)CC1. The Balaban J connectivity index is 1.16. The average molecular weight is 490 g/mol. The number of benzene rings is 2. The lowest BCUT2D eigenvalue weighted by Gasteiger charge is -2.36. The molecule has 6 nitrogen and oxygen atoms in total. The van der Waals surface area contributed by atoms with Gasteiger partial charge in [-0.2, -0.15) is 13.2 Å². The quantitative estimate of drug-likeness (QED) is 0.572. The first-order chi connectivity index (χ1) is 16.8. The van der Waals surface area contributed by atoms with Gasteiger partial charge < -0.3 is 20.9 Å². The minimum absolute atomic E-state index is 0.155. The van der Waals surface area contributed by atoms with Crippen molar-refractivity contribution in [2.75, 3.05) is 49.9 Å². The fourth-order valence-corrected chi connectivity index (χ4v) is 4.76. The van der Waals surface area contributed by atoms with E-state index in [9.17, 15) is 22.4 Å². The van der Waals surface area contributed by atoms with E-state index in [2.05, 4.69) is 26.9 Å². The summed E-state index contributed by atoms with van der Waals surface area (Å²) in [5, 5.41) is 9.35. The topological polar surface area (TPSA) is 59.6 Å². The molecule has 1 amide bonds. The van der Waals surface area contributed by atoms with Crippen LogP contribution in [0.25, 0.3) is 5.57 Å². The van der Waals surface area contributed by atoms with Crippen molar-refractivity contribution in [3.8, 4) is 0 Å². The van der Waals surface area contributed by atoms with Gasteiger partial charge in [-0.15, -0.1) is 0 Å². The van der Waals surface area contributed by atoms with Gasteiger partial charge in [-0.05, 0) is 53.9 Å². The molecular formula is C25H27F4N5O. The highest BCUT2D eigenvalue weighted by molar-refractivity contribution is 5.94. The molecule has 0 bridgehead atoms. The second kappa shape index (κ2) is 9.50. The van der Waals surface area contributed by atoms with E-state index in [0.717, 1.165) is 48.3 Å². The van der Waals surface area contributed by atoms with E-state index in [1.807, 2.05) is 6.07 Å². The maximum absolute atomic E-state index is 14.8. The first kappa shape index (κ1) is 23.6. The highest BCUT2D eigenvalue weighted by atomic mass is 19.4. The Morgan fingerprint density at radius 3 is 2.43 bits per heavy atom. The molecule has 0 radical (unpaired) electrons. The number of halogens is 4. The zero-order valence-corrected chi connectivity index (χ0v) is 19.1. The Bertz CT molecular complexity index is 1120. The number of rotatable bonds is 4. The monoisotopic (exact) mass is 489 g/mol. The first-order valence-electron chi connectivity index (χ1n) is 11.7. The Morgan fingerprint density at radius 1 is 1.03 bits per heavy atom. The second-order valence-electron chi connectivity index (χ2n) is 9.08. The third-order valence-corrected chi connectivity index (χ3v) is 6.73. The molecule has 2 aromatic carbocycles. The summed E-state index contributed by atoms with van der Waals surface area (Å²) in [5.41, 5.74) is 2.93. The third kappa shape index (κ3) is 5.13. The molecule has 10 heteroatoms. The van der Waals surface area contributed by atoms with Crippen LogP contribution in [0.2, 0.25) is 0 Å². The molecule has 186 valence electrons. The summed E-state index contributed by atoms with van der Waals surface area (Å²) in [4.78, 5) is 16.9. The minimum Gasteiger partial charge on any atom is -0.356 e. The van der Waals surface area contributed by atoms with Crippen LogP contribution in [0.3, 0.4) is 0 Å². The molecule has 1 unspecified atom stereocenters. The van der Waals surface area contributed by atoms with Crippen molar-refractivity contribution in [3.05, 3.63) is 65.0 Å². The molecule has 0 aromatic heterocycles. The van der Waals surface area contributed by atoms with Gasteiger partial charge in [-0.25, -0.2) is 4.39 Å². The van der Waals surface area contributed by atoms with Gasteiger partial charge in [-0.1, -0.05) is 18.2 Å². The van der Waals surface area contributed by atoms with Gasteiger partial charge >= 0.3 is 6.18 Å². The van der Waals surface area contributed by atoms with E-state index >= 15 is 0 Å². The van der Waals surface area contributed by atoms with Crippen molar-refractivity contribution < 1.29 is 22.4 Å². The fraction of sp³-hybridized carbons (Fsp3) is 0.400. The minimum atomic E-state index is -4.35. The lowest BCUT2D eigenvalue weighted by Crippen LogP contribution is -2.53. The molecule has 0 aliphatic carbocycles. The van der Waals surface area contributed by atoms with Crippen LogP contribution in [-0.4, -0.2) is 61.1 Å². The van der Waals surface area contributed by atoms with Crippen molar-refractivity contribution in [1.29, 1.82) is 0 Å². The number of hydrogen-bond acceptors (Lipinski definition) is 5. The van der Waals surface area contributed by atoms with Gasteiger partial charge in [0.2, 0.25) is 0 Å². The predicted molar refractivity (Wildman–Crippen MR) is 126 cm³/mol. The average Bonchev–Trinajstić information content (AvgIpc) is 3.29. The van der Waals surface area contributed by atoms with E-state index < -0.39 is 17.9 Å². The van der Waals surface area contributed by atoms with Crippen LogP contribution in [0, 0.1) is 5.82 Å². The van der Waals surface area contributed by atoms with E-state index in [4.69, 9.17) is 0 Å². The summed E-state index contributed by atoms with van der Waals surface area (Å²) >= 11 is 0. The van der Waals surface area contributed by atoms with E-state index in [0.29, 0.717) is 44.1 Å². The lowest BCUT2D eigenvalue weighted by molar-refractivity contribution is -0.137. The molecule has 2 aromatic rings. The van der Waals surface area contributed by atoms with Crippen LogP contribution in [0.4, 0.5) is 28.9 Å². The molecular weight excluding hydrogens is 462 g/mol. The highest BCUT2D eigenvalue weighted by Gasteiger charge is 2.34. The fourth-order valence-electron chi connectivity index (χ4n) is 4.76. The number of alkyl halides is 3. The van der Waals surface area contributed by atoms with Crippen molar-refractivity contribution in [1.82, 2.24) is 15.1 Å². The molecule has 1 fully saturated rings. The molecule has 3 heterocycles. The molecule has 0 saturated carbocycles. The number of nitrogens with one attached hydrogen (secondary N) is 3. The highest BCUT2D eigenvalue weighted by Crippen LogP contribution is 2.36. The van der Waals surface area contributed by atoms with E-state index in [1.54, 1.807) is 4.90 Å². The molecule has 3 aliphatic heterocycles. The summed E-state index contributed by atoms with van der Waals surface area (Å²) in [6, 6.07) is 8.57. The number of amides is 1. The molecule has 35 heavy (non-hydrogen) atoms. The van der Waals surface area contributed by atoms with Crippen LogP contribution in [0.15, 0.2) is 42.5 Å². The molecule has 5 rings (SSSR count). The van der Waals surface area contributed by atoms with Crippen molar-refractivity contribution >= 4 is 22.9 Å². The number of nitrogens with zero attached hydrogens (tertiary/aromatic N) is 2. The van der Waals surface area contributed by atoms with Gasteiger partial charge in [0, 0.05) is 39.3 Å². The number of anilines is 2. The summed E-state index contributed by atoms with van der Waals surface area (Å²) < 4.78 is 53.1. The van der Waals surface area contributed by atoms with Gasteiger partial charge in [0.15, 0.2) is 6.17 Å². The number of fused-ring (bicyclic) bond motifs is 1. The number of carbonyl (C=O) groups is 1. The first-order valence-corrected chi connectivity index (χ1v) is 11.7. The zero-order valence-electron chi connectivity index (χ0n) is 19.1. The molecule has 3 aliphatic rings. The van der Waals surface area contributed by atoms with Crippen LogP contribution in [-0.2, 0) is 17.5 Å². The van der Waals surface area contributed by atoms with Crippen LogP contribution < -0.4 is 16.0 Å². The standard InChI is InChI=1S/C25H27F4N5O/c26-20-13-18(17-5-7-30-8-6-17)14-21-22(20)32-23(31-21)24(35)34-11-9-33(10-12-34)15-16-1-3-19(4-2-16)25(27,28)29/h1-5,13-14,23,30-32H,6-12,15H2. The maximum Gasteiger partial charge on any atom is 0.416 e. The Kier molecular flexibility index (Phi) is 6.41. The van der Waals surface area contributed by atoms with Gasteiger partial charge in [0.25, 0.3) is 5.91 Å². The van der Waals surface area contributed by atoms with E-state index in [-0.39, 0.29) is 11.7 Å². The number of hydrogen-bond donors (Lipinski definition) is 3. The molecule has 1 saturated heterocycles. The van der Waals surface area contributed by atoms with Gasteiger partial charge in [0.1, 0.15) is 5.82 Å². The summed E-state index contributed by atoms with van der Waals surface area (Å²) in [6.07, 6.45) is -2.20. The molecule has 1 atom stereocenters. The van der Waals surface area contributed by atoms with Crippen LogP contribution in [0.5, 0.6) is 0 Å². The summed E-state index contributed by atoms with van der Waals surface area (Å²) in [7, 11) is 0. The Morgan fingerprint density at radius 2 is 1.77 bits per heavy atom. The Hall–Kier alpha value is -3.11. The number of piperazine rings is 1.